The van der Waals surface area contributed by atoms with Crippen molar-refractivity contribution in [2.75, 3.05) is 45.2 Å². The molecule has 0 spiro atoms. The molecule has 0 saturated carbocycles. The van der Waals surface area contributed by atoms with Crippen LogP contribution in [0.25, 0.3) is 34.2 Å². The molecule has 8 nitrogen and oxygen atoms in total. The zero-order chi connectivity index (χ0) is 22.8. The van der Waals surface area contributed by atoms with E-state index in [4.69, 9.17) is 9.72 Å². The molecule has 9 heteroatoms. The highest BCUT2D eigenvalue weighted by molar-refractivity contribution is 5.70. The first-order valence-corrected chi connectivity index (χ1v) is 10.7. The van der Waals surface area contributed by atoms with Gasteiger partial charge in [-0.3, -0.25) is 5.10 Å². The number of nitrogens with zero attached hydrogens (tertiary/aromatic N) is 6. The third kappa shape index (κ3) is 4.27. The number of H-pyrrole nitrogens is 1. The SMILES string of the molecule is COc1cccc(F)c1-c1ccnc(-c2cc(-c3cccc(N4CCN(C)CC4)n3)n[nH]2)n1. The molecule has 5 rings (SSSR count). The maximum Gasteiger partial charge on any atom is 0.178 e. The summed E-state index contributed by atoms with van der Waals surface area (Å²) in [5, 5.41) is 7.41. The highest BCUT2D eigenvalue weighted by Gasteiger charge is 2.18. The van der Waals surface area contributed by atoms with Crippen LogP contribution in [0.5, 0.6) is 5.75 Å². The third-order valence-corrected chi connectivity index (χ3v) is 5.75. The Hall–Kier alpha value is -3.85. The highest BCUT2D eigenvalue weighted by atomic mass is 19.1. The van der Waals surface area contributed by atoms with E-state index in [1.54, 1.807) is 24.4 Å². The van der Waals surface area contributed by atoms with Crippen molar-refractivity contribution in [1.82, 2.24) is 30.0 Å². The van der Waals surface area contributed by atoms with Crippen LogP contribution in [-0.4, -0.2) is 70.4 Å². The number of hydrogen-bond donors (Lipinski definition) is 1. The summed E-state index contributed by atoms with van der Waals surface area (Å²) in [6, 6.07) is 14.1. The lowest BCUT2D eigenvalue weighted by Gasteiger charge is -2.33. The molecule has 1 aliphatic rings. The molecule has 0 unspecified atom stereocenters. The van der Waals surface area contributed by atoms with Gasteiger partial charge in [0, 0.05) is 32.4 Å². The standard InChI is InChI=1S/C24H24FN7O/c1-31-11-13-32(14-12-31)22-8-4-6-17(27-22)19-15-20(30-29-19)24-26-10-9-18(28-24)23-16(25)5-3-7-21(23)33-2/h3-10,15H,11-14H2,1-2H3,(H,29,30). The average molecular weight is 446 g/mol. The van der Waals surface area contributed by atoms with Gasteiger partial charge in [0.25, 0.3) is 0 Å². The molecule has 1 saturated heterocycles. The van der Waals surface area contributed by atoms with E-state index in [9.17, 15) is 4.39 Å². The summed E-state index contributed by atoms with van der Waals surface area (Å²) in [5.41, 5.74) is 2.81. The molecular weight excluding hydrogens is 421 g/mol. The van der Waals surface area contributed by atoms with Gasteiger partial charge in [-0.15, -0.1) is 0 Å². The topological polar surface area (TPSA) is 83.1 Å². The molecule has 0 aliphatic carbocycles. The van der Waals surface area contributed by atoms with Crippen molar-refractivity contribution in [3.05, 3.63) is 60.5 Å². The third-order valence-electron chi connectivity index (χ3n) is 5.75. The first-order chi connectivity index (χ1) is 16.1. The molecule has 0 amide bonds. The van der Waals surface area contributed by atoms with E-state index in [0.717, 1.165) is 37.7 Å². The van der Waals surface area contributed by atoms with Crippen LogP contribution in [0.15, 0.2) is 54.7 Å². The Balaban J connectivity index is 1.43. The molecule has 0 radical (unpaired) electrons. The molecule has 4 aromatic rings. The number of hydrogen-bond acceptors (Lipinski definition) is 7. The Morgan fingerprint density at radius 3 is 2.58 bits per heavy atom. The lowest BCUT2D eigenvalue weighted by Crippen LogP contribution is -2.44. The van der Waals surface area contributed by atoms with E-state index in [-0.39, 0.29) is 0 Å². The highest BCUT2D eigenvalue weighted by Crippen LogP contribution is 2.32. The Bertz CT molecular complexity index is 1270. The van der Waals surface area contributed by atoms with Gasteiger partial charge in [-0.05, 0) is 43.4 Å². The molecular formula is C24H24FN7O. The number of aromatic nitrogens is 5. The van der Waals surface area contributed by atoms with Gasteiger partial charge in [0.15, 0.2) is 5.82 Å². The van der Waals surface area contributed by atoms with Crippen molar-refractivity contribution in [3.8, 4) is 39.9 Å². The van der Waals surface area contributed by atoms with Crippen molar-refractivity contribution in [2.24, 2.45) is 0 Å². The van der Waals surface area contributed by atoms with Gasteiger partial charge in [0.2, 0.25) is 0 Å². The average Bonchev–Trinajstić information content (AvgIpc) is 3.35. The Morgan fingerprint density at radius 2 is 1.76 bits per heavy atom. The van der Waals surface area contributed by atoms with Gasteiger partial charge in [-0.25, -0.2) is 19.3 Å². The fraction of sp³-hybridized carbons (Fsp3) is 0.250. The second kappa shape index (κ2) is 8.95. The zero-order valence-corrected chi connectivity index (χ0v) is 18.5. The molecule has 0 bridgehead atoms. The number of methoxy groups -OCH3 is 1. The molecule has 1 fully saturated rings. The van der Waals surface area contributed by atoms with E-state index >= 15 is 0 Å². The quantitative estimate of drug-likeness (QED) is 0.503. The minimum absolute atomic E-state index is 0.296. The molecule has 33 heavy (non-hydrogen) atoms. The molecule has 0 atom stereocenters. The first kappa shape index (κ1) is 21.0. The Morgan fingerprint density at radius 1 is 0.939 bits per heavy atom. The lowest BCUT2D eigenvalue weighted by atomic mass is 10.1. The van der Waals surface area contributed by atoms with E-state index in [0.29, 0.717) is 34.2 Å². The number of aromatic amines is 1. The number of anilines is 1. The number of halogens is 1. The summed E-state index contributed by atoms with van der Waals surface area (Å²) in [6.07, 6.45) is 1.59. The van der Waals surface area contributed by atoms with Gasteiger partial charge >= 0.3 is 0 Å². The van der Waals surface area contributed by atoms with Gasteiger partial charge in [-0.1, -0.05) is 12.1 Å². The van der Waals surface area contributed by atoms with E-state index in [1.165, 1.54) is 13.2 Å². The van der Waals surface area contributed by atoms with Gasteiger partial charge < -0.3 is 14.5 Å². The predicted molar refractivity (Wildman–Crippen MR) is 125 cm³/mol. The summed E-state index contributed by atoms with van der Waals surface area (Å²) < 4.78 is 19.8. The van der Waals surface area contributed by atoms with Crippen LogP contribution < -0.4 is 9.64 Å². The van der Waals surface area contributed by atoms with Crippen molar-refractivity contribution in [3.63, 3.8) is 0 Å². The minimum atomic E-state index is -0.408. The molecule has 1 aliphatic heterocycles. The Kier molecular flexibility index (Phi) is 5.70. The predicted octanol–water partition coefficient (Wildman–Crippen LogP) is 3.50. The van der Waals surface area contributed by atoms with Crippen molar-refractivity contribution < 1.29 is 9.13 Å². The maximum atomic E-state index is 14.5. The summed E-state index contributed by atoms with van der Waals surface area (Å²) in [5.74, 6) is 1.35. The monoisotopic (exact) mass is 445 g/mol. The number of ether oxygens (including phenoxy) is 1. The lowest BCUT2D eigenvalue weighted by molar-refractivity contribution is 0.312. The fourth-order valence-electron chi connectivity index (χ4n) is 3.90. The molecule has 168 valence electrons. The normalized spacial score (nSPS) is 14.5. The van der Waals surface area contributed by atoms with Gasteiger partial charge in [-0.2, -0.15) is 5.10 Å². The zero-order valence-electron chi connectivity index (χ0n) is 18.5. The van der Waals surface area contributed by atoms with Crippen molar-refractivity contribution >= 4 is 5.82 Å². The van der Waals surface area contributed by atoms with Gasteiger partial charge in [0.05, 0.1) is 24.1 Å². The maximum absolute atomic E-state index is 14.5. The van der Waals surface area contributed by atoms with Crippen LogP contribution in [0.3, 0.4) is 0 Å². The van der Waals surface area contributed by atoms with E-state index < -0.39 is 5.82 Å². The number of piperazine rings is 1. The number of benzene rings is 1. The molecule has 3 aromatic heterocycles. The van der Waals surface area contributed by atoms with Crippen molar-refractivity contribution in [1.29, 1.82) is 0 Å². The summed E-state index contributed by atoms with van der Waals surface area (Å²) >= 11 is 0. The second-order valence-electron chi connectivity index (χ2n) is 7.92. The summed E-state index contributed by atoms with van der Waals surface area (Å²) in [6.45, 7) is 3.91. The molecule has 4 heterocycles. The van der Waals surface area contributed by atoms with Gasteiger partial charge in [0.1, 0.15) is 28.8 Å². The van der Waals surface area contributed by atoms with Crippen LogP contribution in [0.1, 0.15) is 0 Å². The minimum Gasteiger partial charge on any atom is -0.496 e. The van der Waals surface area contributed by atoms with Crippen LogP contribution in [-0.2, 0) is 0 Å². The Labute approximate surface area is 191 Å². The number of rotatable bonds is 5. The van der Waals surface area contributed by atoms with Crippen LogP contribution in [0, 0.1) is 5.82 Å². The fourth-order valence-corrected chi connectivity index (χ4v) is 3.90. The first-order valence-electron chi connectivity index (χ1n) is 10.7. The van der Waals surface area contributed by atoms with Crippen LogP contribution >= 0.6 is 0 Å². The van der Waals surface area contributed by atoms with E-state index in [2.05, 4.69) is 37.0 Å². The van der Waals surface area contributed by atoms with E-state index in [1.807, 2.05) is 24.3 Å². The summed E-state index contributed by atoms with van der Waals surface area (Å²) in [4.78, 5) is 18.3. The number of pyridine rings is 1. The largest absolute Gasteiger partial charge is 0.496 e. The molecule has 1 aromatic carbocycles. The second-order valence-corrected chi connectivity index (χ2v) is 7.92. The summed E-state index contributed by atoms with van der Waals surface area (Å²) in [7, 11) is 3.64. The molecule has 1 N–H and O–H groups in total. The van der Waals surface area contributed by atoms with Crippen LogP contribution in [0.2, 0.25) is 0 Å². The smallest absolute Gasteiger partial charge is 0.178 e. The van der Waals surface area contributed by atoms with Crippen LogP contribution in [0.4, 0.5) is 10.2 Å². The number of nitrogens with one attached hydrogen (secondary N) is 1. The number of likely N-dealkylation sites (N-methyl/N-ethyl adjacent to an activating group) is 1. The van der Waals surface area contributed by atoms with Crippen molar-refractivity contribution in [2.45, 2.75) is 0 Å².